The number of amidine groups is 1. The lowest BCUT2D eigenvalue weighted by atomic mass is 9.99. The highest BCUT2D eigenvalue weighted by molar-refractivity contribution is 8.14. The van der Waals surface area contributed by atoms with Crippen molar-refractivity contribution in [3.8, 4) is 5.69 Å². The summed E-state index contributed by atoms with van der Waals surface area (Å²) < 4.78 is 41.8. The lowest BCUT2D eigenvalue weighted by Gasteiger charge is -2.32. The number of hydrogen-bond acceptors (Lipinski definition) is 4. The summed E-state index contributed by atoms with van der Waals surface area (Å²) in [6.45, 7) is 2.16. The Morgan fingerprint density at radius 3 is 2.71 bits per heavy atom. The fourth-order valence-electron chi connectivity index (χ4n) is 4.37. The first kappa shape index (κ1) is 20.2. The number of fused-ring (bicyclic) bond motifs is 1. The summed E-state index contributed by atoms with van der Waals surface area (Å²) in [6.07, 6.45) is 0.166. The van der Waals surface area contributed by atoms with Gasteiger partial charge in [0.2, 0.25) is 0 Å². The van der Waals surface area contributed by atoms with Crippen LogP contribution in [-0.2, 0) is 6.18 Å². The third-order valence-corrected chi connectivity index (χ3v) is 6.99. The van der Waals surface area contributed by atoms with E-state index in [0.29, 0.717) is 11.7 Å². The minimum absolute atomic E-state index is 0.130. The minimum Gasteiger partial charge on any atom is -0.337 e. The van der Waals surface area contributed by atoms with E-state index in [1.54, 1.807) is 24.0 Å². The molecular formula is C23H21F3N4S. The van der Waals surface area contributed by atoms with Gasteiger partial charge in [-0.3, -0.25) is 9.98 Å². The van der Waals surface area contributed by atoms with Crippen LogP contribution in [0.25, 0.3) is 5.69 Å². The third-order valence-electron chi connectivity index (χ3n) is 5.86. The van der Waals surface area contributed by atoms with Gasteiger partial charge < -0.3 is 9.47 Å². The van der Waals surface area contributed by atoms with Crippen LogP contribution in [0.3, 0.4) is 0 Å². The summed E-state index contributed by atoms with van der Waals surface area (Å²) in [7, 11) is 0. The summed E-state index contributed by atoms with van der Waals surface area (Å²) in [6, 6.07) is 15.1. The lowest BCUT2D eigenvalue weighted by molar-refractivity contribution is -0.137. The van der Waals surface area contributed by atoms with Crippen molar-refractivity contribution in [2.75, 3.05) is 5.75 Å². The molecule has 0 spiro atoms. The van der Waals surface area contributed by atoms with E-state index in [0.717, 1.165) is 34.8 Å². The number of hydrogen-bond donors (Lipinski definition) is 0. The molecule has 8 heteroatoms. The number of thioether (sulfide) groups is 1. The average Bonchev–Trinajstić information content (AvgIpc) is 3.48. The molecule has 0 bridgehead atoms. The Bertz CT molecular complexity index is 1110. The molecule has 0 saturated carbocycles. The van der Waals surface area contributed by atoms with Gasteiger partial charge in [0.05, 0.1) is 11.3 Å². The van der Waals surface area contributed by atoms with Crippen LogP contribution in [0.15, 0.2) is 72.0 Å². The van der Waals surface area contributed by atoms with Crippen LogP contribution < -0.4 is 0 Å². The maximum atomic E-state index is 13.3. The van der Waals surface area contributed by atoms with E-state index in [1.807, 2.05) is 41.1 Å². The van der Waals surface area contributed by atoms with E-state index >= 15 is 0 Å². The standard InChI is InChI=1S/C23H21F3N4S/c1-2-16-14-31-22-28-20(18-9-3-4-11-27-18)21(30(16)22)19-10-6-12-29(19)17-8-5-7-15(13-17)23(24,25)26/h3-13,16,20-21H,2,14H2,1H3/t16-,20+,21+/m1/s1. The highest BCUT2D eigenvalue weighted by Gasteiger charge is 2.46. The average molecular weight is 443 g/mol. The number of pyridine rings is 1. The Morgan fingerprint density at radius 2 is 1.97 bits per heavy atom. The smallest absolute Gasteiger partial charge is 0.337 e. The molecule has 0 aliphatic carbocycles. The highest BCUT2D eigenvalue weighted by atomic mass is 32.2. The van der Waals surface area contributed by atoms with Gasteiger partial charge in [0, 0.05) is 35.6 Å². The van der Waals surface area contributed by atoms with Crippen molar-refractivity contribution in [1.82, 2.24) is 14.5 Å². The summed E-state index contributed by atoms with van der Waals surface area (Å²) in [5.41, 5.74) is 1.61. The fourth-order valence-corrected chi connectivity index (χ4v) is 5.71. The van der Waals surface area contributed by atoms with E-state index in [4.69, 9.17) is 4.99 Å². The molecule has 0 radical (unpaired) electrons. The highest BCUT2D eigenvalue weighted by Crippen LogP contribution is 2.49. The van der Waals surface area contributed by atoms with Crippen molar-refractivity contribution >= 4 is 16.9 Å². The molecule has 3 atom stereocenters. The van der Waals surface area contributed by atoms with E-state index in [-0.39, 0.29) is 12.1 Å². The first-order valence-corrected chi connectivity index (χ1v) is 11.2. The zero-order chi connectivity index (χ0) is 21.6. The largest absolute Gasteiger partial charge is 0.416 e. The maximum Gasteiger partial charge on any atom is 0.416 e. The van der Waals surface area contributed by atoms with Crippen LogP contribution in [0.5, 0.6) is 0 Å². The van der Waals surface area contributed by atoms with Gasteiger partial charge in [-0.1, -0.05) is 30.8 Å². The number of aromatic nitrogens is 2. The zero-order valence-electron chi connectivity index (χ0n) is 16.8. The van der Waals surface area contributed by atoms with E-state index in [2.05, 4.69) is 16.8 Å². The number of nitrogens with zero attached hydrogens (tertiary/aromatic N) is 4. The molecule has 31 heavy (non-hydrogen) atoms. The van der Waals surface area contributed by atoms with Gasteiger partial charge in [-0.25, -0.2) is 0 Å². The monoisotopic (exact) mass is 442 g/mol. The SMILES string of the molecule is CC[C@@H]1CSC2=N[C@@H](c3ccccn3)[C@H](c3cccn3-c3cccc(C(F)(F)F)c3)N21. The Labute approximate surface area is 182 Å². The van der Waals surface area contributed by atoms with E-state index in [1.165, 1.54) is 12.1 Å². The van der Waals surface area contributed by atoms with Gasteiger partial charge >= 0.3 is 6.18 Å². The van der Waals surface area contributed by atoms with Crippen molar-refractivity contribution in [3.05, 3.63) is 83.9 Å². The van der Waals surface area contributed by atoms with Crippen LogP contribution in [0.4, 0.5) is 13.2 Å². The van der Waals surface area contributed by atoms with Gasteiger partial charge in [0.25, 0.3) is 0 Å². The van der Waals surface area contributed by atoms with Crippen LogP contribution in [0.1, 0.15) is 42.4 Å². The van der Waals surface area contributed by atoms with Crippen LogP contribution in [-0.4, -0.2) is 31.4 Å². The fraction of sp³-hybridized carbons (Fsp3) is 0.304. The molecule has 1 fully saturated rings. The predicted octanol–water partition coefficient (Wildman–Crippen LogP) is 5.87. The lowest BCUT2D eigenvalue weighted by Crippen LogP contribution is -2.36. The molecule has 1 saturated heterocycles. The van der Waals surface area contributed by atoms with Crippen molar-refractivity contribution < 1.29 is 13.2 Å². The third kappa shape index (κ3) is 3.52. The Hall–Kier alpha value is -2.74. The molecule has 0 amide bonds. The first-order valence-electron chi connectivity index (χ1n) is 10.2. The first-order chi connectivity index (χ1) is 15.0. The van der Waals surface area contributed by atoms with E-state index < -0.39 is 11.7 Å². The second-order valence-electron chi connectivity index (χ2n) is 7.69. The minimum atomic E-state index is -4.39. The number of alkyl halides is 3. The molecule has 4 heterocycles. The molecule has 0 N–H and O–H groups in total. The molecule has 4 nitrogen and oxygen atoms in total. The quantitative estimate of drug-likeness (QED) is 0.507. The topological polar surface area (TPSA) is 33.4 Å². The molecule has 0 unspecified atom stereocenters. The van der Waals surface area contributed by atoms with Gasteiger partial charge in [-0.05, 0) is 48.9 Å². The van der Waals surface area contributed by atoms with Gasteiger partial charge in [0.15, 0.2) is 5.17 Å². The predicted molar refractivity (Wildman–Crippen MR) is 116 cm³/mol. The molecular weight excluding hydrogens is 421 g/mol. The van der Waals surface area contributed by atoms with E-state index in [9.17, 15) is 13.2 Å². The summed E-state index contributed by atoms with van der Waals surface area (Å²) in [4.78, 5) is 11.9. The second-order valence-corrected chi connectivity index (χ2v) is 8.67. The Kier molecular flexibility index (Phi) is 5.04. The van der Waals surface area contributed by atoms with Gasteiger partial charge in [0.1, 0.15) is 12.1 Å². The van der Waals surface area contributed by atoms with Crippen LogP contribution in [0.2, 0.25) is 0 Å². The molecule has 5 rings (SSSR count). The zero-order valence-corrected chi connectivity index (χ0v) is 17.6. The maximum absolute atomic E-state index is 13.3. The van der Waals surface area contributed by atoms with Crippen LogP contribution in [0, 0.1) is 0 Å². The molecule has 2 aromatic heterocycles. The number of benzene rings is 1. The number of rotatable bonds is 4. The molecule has 2 aliphatic heterocycles. The Morgan fingerprint density at radius 1 is 1.10 bits per heavy atom. The Balaban J connectivity index is 1.61. The van der Waals surface area contributed by atoms with Crippen LogP contribution >= 0.6 is 11.8 Å². The number of halogens is 3. The van der Waals surface area contributed by atoms with Gasteiger partial charge in [-0.2, -0.15) is 13.2 Å². The second kappa shape index (κ2) is 7.75. The van der Waals surface area contributed by atoms with Crippen molar-refractivity contribution in [2.24, 2.45) is 4.99 Å². The molecule has 1 aromatic carbocycles. The summed E-state index contributed by atoms with van der Waals surface area (Å²) in [5.74, 6) is 0.963. The normalized spacial score (nSPS) is 23.2. The molecule has 2 aliphatic rings. The van der Waals surface area contributed by atoms with Crippen molar-refractivity contribution in [1.29, 1.82) is 0 Å². The van der Waals surface area contributed by atoms with Crippen molar-refractivity contribution in [2.45, 2.75) is 37.6 Å². The molecule has 160 valence electrons. The van der Waals surface area contributed by atoms with Gasteiger partial charge in [-0.15, -0.1) is 0 Å². The number of aliphatic imine (C=N–C) groups is 1. The summed E-state index contributed by atoms with van der Waals surface area (Å²) >= 11 is 1.74. The van der Waals surface area contributed by atoms with Crippen molar-refractivity contribution in [3.63, 3.8) is 0 Å². The summed E-state index contributed by atoms with van der Waals surface area (Å²) in [5, 5.41) is 0.990. The molecule has 3 aromatic rings.